The molecule has 0 amide bonds. The molecule has 23 heavy (non-hydrogen) atoms. The van der Waals surface area contributed by atoms with E-state index >= 15 is 0 Å². The van der Waals surface area contributed by atoms with Crippen LogP contribution in [0.15, 0.2) is 12.4 Å². The maximum atomic E-state index is 4.43. The van der Waals surface area contributed by atoms with Crippen LogP contribution in [-0.2, 0) is 0 Å². The van der Waals surface area contributed by atoms with Gasteiger partial charge in [-0.2, -0.15) is 14.6 Å². The smallest absolute Gasteiger partial charge is 0.254 e. The van der Waals surface area contributed by atoms with Crippen molar-refractivity contribution in [1.82, 2.24) is 29.8 Å². The third-order valence-electron chi connectivity index (χ3n) is 5.03. The van der Waals surface area contributed by atoms with E-state index in [1.54, 1.807) is 6.33 Å². The zero-order chi connectivity index (χ0) is 15.6. The minimum atomic E-state index is 0.692. The number of aromatic nitrogens is 4. The van der Waals surface area contributed by atoms with Gasteiger partial charge in [-0.05, 0) is 38.8 Å². The summed E-state index contributed by atoms with van der Waals surface area (Å²) in [6, 6.07) is 2.12. The summed E-state index contributed by atoms with van der Waals surface area (Å²) in [4.78, 5) is 13.7. The predicted molar refractivity (Wildman–Crippen MR) is 89.8 cm³/mol. The normalized spacial score (nSPS) is 21.2. The molecule has 0 aliphatic carbocycles. The lowest BCUT2D eigenvalue weighted by atomic mass is 9.97. The Morgan fingerprint density at radius 2 is 1.96 bits per heavy atom. The fraction of sp³-hybridized carbons (Fsp3) is 0.688. The third-order valence-corrected chi connectivity index (χ3v) is 5.03. The number of rotatable bonds is 3. The lowest BCUT2D eigenvalue weighted by molar-refractivity contribution is 0.196. The summed E-state index contributed by atoms with van der Waals surface area (Å²) in [5.74, 6) is 2.68. The van der Waals surface area contributed by atoms with Crippen molar-refractivity contribution in [2.24, 2.45) is 5.92 Å². The van der Waals surface area contributed by atoms with Crippen LogP contribution >= 0.6 is 0 Å². The first-order valence-electron chi connectivity index (χ1n) is 8.65. The Balaban J connectivity index is 1.41. The second kappa shape index (κ2) is 6.41. The summed E-state index contributed by atoms with van der Waals surface area (Å²) >= 11 is 0. The summed E-state index contributed by atoms with van der Waals surface area (Å²) in [7, 11) is 0. The molecule has 0 bridgehead atoms. The number of hydrogen-bond acceptors (Lipinski definition) is 6. The van der Waals surface area contributed by atoms with Crippen molar-refractivity contribution in [3.05, 3.63) is 18.1 Å². The van der Waals surface area contributed by atoms with Crippen molar-refractivity contribution in [2.75, 3.05) is 50.7 Å². The van der Waals surface area contributed by atoms with E-state index in [1.165, 1.54) is 32.5 Å². The number of nitrogens with zero attached hydrogens (tertiary/aromatic N) is 6. The predicted octanol–water partition coefficient (Wildman–Crippen LogP) is 0.554. The van der Waals surface area contributed by atoms with E-state index in [1.807, 2.05) is 11.4 Å². The molecule has 2 saturated heterocycles. The van der Waals surface area contributed by atoms with E-state index in [-0.39, 0.29) is 0 Å². The number of hydrogen-bond donors (Lipinski definition) is 1. The molecule has 4 heterocycles. The van der Waals surface area contributed by atoms with Gasteiger partial charge in [-0.1, -0.05) is 0 Å². The van der Waals surface area contributed by atoms with Gasteiger partial charge in [-0.15, -0.1) is 0 Å². The van der Waals surface area contributed by atoms with Gasteiger partial charge in [0.05, 0.1) is 0 Å². The van der Waals surface area contributed by atoms with Crippen LogP contribution in [-0.4, -0.2) is 70.3 Å². The van der Waals surface area contributed by atoms with Crippen LogP contribution in [0.3, 0.4) is 0 Å². The van der Waals surface area contributed by atoms with Crippen LogP contribution in [0.4, 0.5) is 5.82 Å². The van der Waals surface area contributed by atoms with E-state index in [4.69, 9.17) is 0 Å². The molecule has 2 aliphatic rings. The van der Waals surface area contributed by atoms with E-state index in [0.717, 1.165) is 43.6 Å². The number of anilines is 1. The fourth-order valence-corrected chi connectivity index (χ4v) is 3.73. The summed E-state index contributed by atoms with van der Waals surface area (Å²) in [6.07, 6.45) is 4.23. The van der Waals surface area contributed by atoms with Gasteiger partial charge in [0.2, 0.25) is 0 Å². The molecular formula is C16H25N7. The molecule has 0 atom stereocenters. The quantitative estimate of drug-likeness (QED) is 0.893. The minimum Gasteiger partial charge on any atom is -0.354 e. The Morgan fingerprint density at radius 3 is 2.74 bits per heavy atom. The highest BCUT2D eigenvalue weighted by atomic mass is 15.4. The fourth-order valence-electron chi connectivity index (χ4n) is 3.73. The number of piperazine rings is 1. The molecule has 0 aromatic carbocycles. The summed E-state index contributed by atoms with van der Waals surface area (Å²) in [5.41, 5.74) is 0.998. The lowest BCUT2D eigenvalue weighted by Crippen LogP contribution is -2.49. The van der Waals surface area contributed by atoms with Crippen LogP contribution in [0, 0.1) is 12.8 Å². The van der Waals surface area contributed by atoms with Crippen LogP contribution in [0.1, 0.15) is 18.5 Å². The maximum absolute atomic E-state index is 4.43. The molecule has 2 fully saturated rings. The molecule has 0 spiro atoms. The maximum Gasteiger partial charge on any atom is 0.254 e. The van der Waals surface area contributed by atoms with E-state index in [9.17, 15) is 0 Å². The highest BCUT2D eigenvalue weighted by molar-refractivity contribution is 5.47. The average Bonchev–Trinajstić information content (AvgIpc) is 3.04. The van der Waals surface area contributed by atoms with Gasteiger partial charge in [0.25, 0.3) is 5.78 Å². The first-order chi connectivity index (χ1) is 11.3. The number of aryl methyl sites for hydroxylation is 1. The Bertz CT molecular complexity index is 653. The molecule has 7 nitrogen and oxygen atoms in total. The van der Waals surface area contributed by atoms with E-state index in [2.05, 4.69) is 36.2 Å². The van der Waals surface area contributed by atoms with E-state index in [0.29, 0.717) is 5.78 Å². The lowest BCUT2D eigenvalue weighted by Gasteiger charge is -2.38. The molecule has 124 valence electrons. The standard InChI is InChI=1S/C16H25N7/c1-13-10-15(23-16(20-13)18-12-19-23)22-8-6-21(7-9-22)11-14-2-4-17-5-3-14/h10,12,14,17H,2-9,11H2,1H3. The topological polar surface area (TPSA) is 61.6 Å². The zero-order valence-electron chi connectivity index (χ0n) is 13.8. The molecule has 0 saturated carbocycles. The molecule has 4 rings (SSSR count). The van der Waals surface area contributed by atoms with Gasteiger partial charge in [-0.25, -0.2) is 4.98 Å². The second-order valence-corrected chi connectivity index (χ2v) is 6.71. The highest BCUT2D eigenvalue weighted by Crippen LogP contribution is 2.19. The van der Waals surface area contributed by atoms with Gasteiger partial charge in [0, 0.05) is 44.5 Å². The van der Waals surface area contributed by atoms with Gasteiger partial charge in [0.15, 0.2) is 0 Å². The van der Waals surface area contributed by atoms with E-state index < -0.39 is 0 Å². The first-order valence-corrected chi connectivity index (χ1v) is 8.65. The number of nitrogens with one attached hydrogen (secondary N) is 1. The molecule has 0 radical (unpaired) electrons. The molecule has 1 N–H and O–H groups in total. The number of fused-ring (bicyclic) bond motifs is 1. The van der Waals surface area contributed by atoms with Crippen molar-refractivity contribution >= 4 is 11.6 Å². The highest BCUT2D eigenvalue weighted by Gasteiger charge is 2.23. The molecule has 0 unspecified atom stereocenters. The van der Waals surface area contributed by atoms with Crippen molar-refractivity contribution in [3.63, 3.8) is 0 Å². The molecule has 2 aromatic heterocycles. The van der Waals surface area contributed by atoms with Gasteiger partial charge in [-0.3, -0.25) is 4.90 Å². The number of piperidine rings is 1. The summed E-state index contributed by atoms with van der Waals surface area (Å²) in [6.45, 7) is 9.99. The Morgan fingerprint density at radius 1 is 1.17 bits per heavy atom. The average molecular weight is 315 g/mol. The van der Waals surface area contributed by atoms with Crippen molar-refractivity contribution in [3.8, 4) is 0 Å². The third kappa shape index (κ3) is 3.16. The molecular weight excluding hydrogens is 290 g/mol. The summed E-state index contributed by atoms with van der Waals surface area (Å²) in [5, 5.41) is 7.78. The largest absolute Gasteiger partial charge is 0.354 e. The SMILES string of the molecule is Cc1cc(N2CCN(CC3CCNCC3)CC2)n2ncnc2n1. The zero-order valence-corrected chi connectivity index (χ0v) is 13.8. The summed E-state index contributed by atoms with van der Waals surface area (Å²) < 4.78 is 1.86. The Kier molecular flexibility index (Phi) is 4.13. The minimum absolute atomic E-state index is 0.692. The van der Waals surface area contributed by atoms with Crippen LogP contribution < -0.4 is 10.2 Å². The van der Waals surface area contributed by atoms with Crippen molar-refractivity contribution < 1.29 is 0 Å². The van der Waals surface area contributed by atoms with Gasteiger partial charge >= 0.3 is 0 Å². The molecule has 7 heteroatoms. The molecule has 2 aromatic rings. The second-order valence-electron chi connectivity index (χ2n) is 6.71. The van der Waals surface area contributed by atoms with Gasteiger partial charge < -0.3 is 10.2 Å². The van der Waals surface area contributed by atoms with Crippen LogP contribution in [0.5, 0.6) is 0 Å². The first kappa shape index (κ1) is 14.8. The Hall–Kier alpha value is -1.73. The van der Waals surface area contributed by atoms with Crippen molar-refractivity contribution in [2.45, 2.75) is 19.8 Å². The monoisotopic (exact) mass is 315 g/mol. The molecule has 2 aliphatic heterocycles. The van der Waals surface area contributed by atoms with Gasteiger partial charge in [0.1, 0.15) is 12.1 Å². The van der Waals surface area contributed by atoms with Crippen LogP contribution in [0.25, 0.3) is 5.78 Å². The van der Waals surface area contributed by atoms with Crippen LogP contribution in [0.2, 0.25) is 0 Å². The van der Waals surface area contributed by atoms with Crippen molar-refractivity contribution in [1.29, 1.82) is 0 Å². The Labute approximate surface area is 136 Å².